The van der Waals surface area contributed by atoms with Gasteiger partial charge in [0.15, 0.2) is 0 Å². The van der Waals surface area contributed by atoms with Gasteiger partial charge in [-0.1, -0.05) is 84.4 Å². The van der Waals surface area contributed by atoms with Crippen LogP contribution in [0.25, 0.3) is 6.08 Å². The van der Waals surface area contributed by atoms with Crippen LogP contribution in [-0.4, -0.2) is 0 Å². The fourth-order valence-corrected chi connectivity index (χ4v) is 3.86. The smallest absolute Gasteiger partial charge is 0.0137 e. The minimum absolute atomic E-state index is 0.181. The molecule has 0 fully saturated rings. The molecule has 2 atom stereocenters. The van der Waals surface area contributed by atoms with Gasteiger partial charge in [0.1, 0.15) is 0 Å². The first-order valence-corrected chi connectivity index (χ1v) is 7.21. The van der Waals surface area contributed by atoms with Crippen molar-refractivity contribution < 1.29 is 0 Å². The van der Waals surface area contributed by atoms with Crippen molar-refractivity contribution in [2.75, 3.05) is 0 Å². The fourth-order valence-electron chi connectivity index (χ4n) is 3.12. The van der Waals surface area contributed by atoms with E-state index >= 15 is 0 Å². The first kappa shape index (κ1) is 12.0. The third-order valence-electron chi connectivity index (χ3n) is 4.06. The number of halogens is 1. The van der Waals surface area contributed by atoms with Crippen molar-refractivity contribution in [1.29, 1.82) is 0 Å². The standard InChI is InChI=1S/C17H17Br/c1-17(2)11-13(18)8-10-16(17)15-9-7-12-5-3-4-6-14(12)15/h3-11,15-16H,1-2H3. The molecule has 1 heteroatoms. The molecular formula is C17H17Br. The lowest BCUT2D eigenvalue weighted by atomic mass is 9.68. The van der Waals surface area contributed by atoms with Gasteiger partial charge in [-0.3, -0.25) is 0 Å². The summed E-state index contributed by atoms with van der Waals surface area (Å²) in [5, 5.41) is 0. The Labute approximate surface area is 117 Å². The maximum atomic E-state index is 3.59. The third kappa shape index (κ3) is 1.91. The van der Waals surface area contributed by atoms with E-state index < -0.39 is 0 Å². The highest BCUT2D eigenvalue weighted by Crippen LogP contribution is 2.47. The summed E-state index contributed by atoms with van der Waals surface area (Å²) in [4.78, 5) is 0. The minimum atomic E-state index is 0.181. The van der Waals surface area contributed by atoms with Crippen LogP contribution in [0.2, 0.25) is 0 Å². The van der Waals surface area contributed by atoms with Crippen LogP contribution >= 0.6 is 15.9 Å². The molecule has 0 radical (unpaired) electrons. The van der Waals surface area contributed by atoms with E-state index in [1.165, 1.54) is 15.6 Å². The van der Waals surface area contributed by atoms with E-state index in [0.717, 1.165) is 0 Å². The van der Waals surface area contributed by atoms with Crippen LogP contribution in [0.5, 0.6) is 0 Å². The van der Waals surface area contributed by atoms with Crippen molar-refractivity contribution in [3.05, 3.63) is 64.2 Å². The highest BCUT2D eigenvalue weighted by atomic mass is 79.9. The van der Waals surface area contributed by atoms with E-state index in [9.17, 15) is 0 Å². The summed E-state index contributed by atoms with van der Waals surface area (Å²) in [7, 11) is 0. The Kier molecular flexibility index (Phi) is 2.82. The molecule has 3 rings (SSSR count). The van der Waals surface area contributed by atoms with Gasteiger partial charge in [0.05, 0.1) is 0 Å². The minimum Gasteiger partial charge on any atom is -0.0785 e. The molecule has 92 valence electrons. The molecule has 0 saturated heterocycles. The molecule has 2 aliphatic rings. The normalized spacial score (nSPS) is 28.1. The monoisotopic (exact) mass is 300 g/mol. The Morgan fingerprint density at radius 3 is 2.61 bits per heavy atom. The van der Waals surface area contributed by atoms with Gasteiger partial charge in [0, 0.05) is 10.4 Å². The largest absolute Gasteiger partial charge is 0.0785 e. The summed E-state index contributed by atoms with van der Waals surface area (Å²) in [6.07, 6.45) is 11.5. The van der Waals surface area contributed by atoms with E-state index in [2.05, 4.69) is 84.4 Å². The fraction of sp³-hybridized carbons (Fsp3) is 0.294. The second kappa shape index (κ2) is 4.24. The summed E-state index contributed by atoms with van der Waals surface area (Å²) in [5.74, 6) is 1.03. The molecule has 18 heavy (non-hydrogen) atoms. The van der Waals surface area contributed by atoms with Gasteiger partial charge in [0.2, 0.25) is 0 Å². The third-order valence-corrected chi connectivity index (χ3v) is 4.55. The number of hydrogen-bond acceptors (Lipinski definition) is 0. The lowest BCUT2D eigenvalue weighted by molar-refractivity contribution is 0.315. The van der Waals surface area contributed by atoms with Crippen molar-refractivity contribution in [2.45, 2.75) is 19.8 Å². The van der Waals surface area contributed by atoms with E-state index in [-0.39, 0.29) is 5.41 Å². The Hall–Kier alpha value is -1.08. The van der Waals surface area contributed by atoms with Crippen LogP contribution in [0, 0.1) is 11.3 Å². The van der Waals surface area contributed by atoms with Crippen molar-refractivity contribution in [3.8, 4) is 0 Å². The highest BCUT2D eigenvalue weighted by Gasteiger charge is 2.35. The van der Waals surface area contributed by atoms with E-state index in [1.54, 1.807) is 0 Å². The second-order valence-electron chi connectivity index (χ2n) is 5.75. The van der Waals surface area contributed by atoms with Gasteiger partial charge in [-0.15, -0.1) is 0 Å². The maximum Gasteiger partial charge on any atom is 0.0137 e. The van der Waals surface area contributed by atoms with Gasteiger partial charge < -0.3 is 0 Å². The van der Waals surface area contributed by atoms with Gasteiger partial charge in [-0.2, -0.15) is 0 Å². The van der Waals surface area contributed by atoms with E-state index in [1.807, 2.05) is 0 Å². The summed E-state index contributed by atoms with van der Waals surface area (Å²) in [6.45, 7) is 4.63. The van der Waals surface area contributed by atoms with Gasteiger partial charge in [-0.05, 0) is 22.5 Å². The zero-order valence-corrected chi connectivity index (χ0v) is 12.3. The molecule has 0 heterocycles. The van der Waals surface area contributed by atoms with Crippen molar-refractivity contribution >= 4 is 22.0 Å². The molecule has 0 N–H and O–H groups in total. The zero-order chi connectivity index (χ0) is 12.8. The van der Waals surface area contributed by atoms with E-state index in [4.69, 9.17) is 0 Å². The quantitative estimate of drug-likeness (QED) is 0.661. The van der Waals surface area contributed by atoms with Crippen molar-refractivity contribution in [3.63, 3.8) is 0 Å². The highest BCUT2D eigenvalue weighted by molar-refractivity contribution is 9.11. The Morgan fingerprint density at radius 2 is 1.83 bits per heavy atom. The number of benzene rings is 1. The van der Waals surface area contributed by atoms with Crippen LogP contribution < -0.4 is 0 Å². The number of allylic oxidation sites excluding steroid dienone is 5. The van der Waals surface area contributed by atoms with Crippen molar-refractivity contribution in [2.24, 2.45) is 11.3 Å². The maximum absolute atomic E-state index is 3.59. The molecule has 0 aromatic heterocycles. The molecule has 1 aromatic carbocycles. The Bertz CT molecular complexity index is 561. The molecule has 2 aliphatic carbocycles. The van der Waals surface area contributed by atoms with Gasteiger partial charge >= 0.3 is 0 Å². The SMILES string of the molecule is CC1(C)C=C(Br)C=CC1C1C=Cc2ccccc21. The van der Waals surface area contributed by atoms with E-state index in [0.29, 0.717) is 11.8 Å². The topological polar surface area (TPSA) is 0 Å². The molecule has 0 spiro atoms. The average Bonchev–Trinajstić information content (AvgIpc) is 2.72. The zero-order valence-electron chi connectivity index (χ0n) is 10.7. The predicted molar refractivity (Wildman–Crippen MR) is 81.6 cm³/mol. The predicted octanol–water partition coefficient (Wildman–Crippen LogP) is 5.29. The van der Waals surface area contributed by atoms with Crippen LogP contribution in [0.1, 0.15) is 30.9 Å². The molecule has 1 aromatic rings. The first-order valence-electron chi connectivity index (χ1n) is 6.42. The van der Waals surface area contributed by atoms with Crippen LogP contribution in [0.4, 0.5) is 0 Å². The van der Waals surface area contributed by atoms with Crippen LogP contribution in [0.3, 0.4) is 0 Å². The molecular weight excluding hydrogens is 284 g/mol. The Morgan fingerprint density at radius 1 is 1.06 bits per heavy atom. The number of hydrogen-bond donors (Lipinski definition) is 0. The average molecular weight is 301 g/mol. The molecule has 0 aliphatic heterocycles. The molecule has 0 bridgehead atoms. The Balaban J connectivity index is 1.99. The lowest BCUT2D eigenvalue weighted by Gasteiger charge is -2.36. The summed E-state index contributed by atoms with van der Waals surface area (Å²) in [5.41, 5.74) is 3.02. The number of rotatable bonds is 1. The van der Waals surface area contributed by atoms with Crippen LogP contribution in [-0.2, 0) is 0 Å². The lowest BCUT2D eigenvalue weighted by Crippen LogP contribution is -2.27. The summed E-state index contributed by atoms with van der Waals surface area (Å²) in [6, 6.07) is 8.72. The summed E-state index contributed by atoms with van der Waals surface area (Å²) >= 11 is 3.59. The van der Waals surface area contributed by atoms with Crippen molar-refractivity contribution in [1.82, 2.24) is 0 Å². The number of fused-ring (bicyclic) bond motifs is 1. The molecule has 0 nitrogen and oxygen atoms in total. The molecule has 0 saturated carbocycles. The second-order valence-corrected chi connectivity index (χ2v) is 6.66. The van der Waals surface area contributed by atoms with Crippen LogP contribution in [0.15, 0.2) is 53.1 Å². The molecule has 2 unspecified atom stereocenters. The molecule has 0 amide bonds. The van der Waals surface area contributed by atoms with Gasteiger partial charge in [0.25, 0.3) is 0 Å². The summed E-state index contributed by atoms with van der Waals surface area (Å²) < 4.78 is 1.19. The van der Waals surface area contributed by atoms with Gasteiger partial charge in [-0.25, -0.2) is 0 Å². The first-order chi connectivity index (χ1) is 8.58.